The highest BCUT2D eigenvalue weighted by atomic mass is 32.2. The van der Waals surface area contributed by atoms with Gasteiger partial charge in [0.2, 0.25) is 0 Å². The molecule has 0 fully saturated rings. The SMILES string of the molecule is N=C(N)c1ccc(Sc2ccc(C(F)(F)F)cn2)cn1. The fraction of sp³-hybridized carbons (Fsp3) is 0.0833. The van der Waals surface area contributed by atoms with E-state index in [1.54, 1.807) is 12.1 Å². The largest absolute Gasteiger partial charge is 0.417 e. The van der Waals surface area contributed by atoms with Gasteiger partial charge in [-0.1, -0.05) is 11.8 Å². The summed E-state index contributed by atoms with van der Waals surface area (Å²) in [6.45, 7) is 0. The average molecular weight is 298 g/mol. The van der Waals surface area contributed by atoms with Crippen LogP contribution in [0.1, 0.15) is 11.3 Å². The molecule has 0 saturated carbocycles. The lowest BCUT2D eigenvalue weighted by molar-refractivity contribution is -0.137. The van der Waals surface area contributed by atoms with Crippen LogP contribution in [0.3, 0.4) is 0 Å². The van der Waals surface area contributed by atoms with Crippen LogP contribution >= 0.6 is 11.8 Å². The van der Waals surface area contributed by atoms with Gasteiger partial charge in [0, 0.05) is 17.3 Å². The molecule has 2 rings (SSSR count). The Morgan fingerprint density at radius 2 is 1.85 bits per heavy atom. The zero-order valence-corrected chi connectivity index (χ0v) is 10.8. The van der Waals surface area contributed by atoms with E-state index in [2.05, 4.69) is 9.97 Å². The second kappa shape index (κ2) is 5.49. The summed E-state index contributed by atoms with van der Waals surface area (Å²) in [5, 5.41) is 7.62. The molecular formula is C12H9F3N4S. The predicted octanol–water partition coefficient (Wildman–Crippen LogP) is 2.93. The first-order valence-corrected chi connectivity index (χ1v) is 6.19. The van der Waals surface area contributed by atoms with Gasteiger partial charge in [-0.2, -0.15) is 13.2 Å². The lowest BCUT2D eigenvalue weighted by Crippen LogP contribution is -2.12. The minimum atomic E-state index is -4.39. The normalized spacial score (nSPS) is 11.3. The van der Waals surface area contributed by atoms with Gasteiger partial charge in [-0.3, -0.25) is 10.4 Å². The molecule has 0 saturated heterocycles. The molecule has 3 N–H and O–H groups in total. The van der Waals surface area contributed by atoms with E-state index in [4.69, 9.17) is 11.1 Å². The maximum absolute atomic E-state index is 12.4. The molecule has 0 aliphatic carbocycles. The number of nitrogens with zero attached hydrogens (tertiary/aromatic N) is 2. The number of pyridine rings is 2. The zero-order chi connectivity index (χ0) is 14.8. The Morgan fingerprint density at radius 1 is 1.10 bits per heavy atom. The molecule has 0 spiro atoms. The zero-order valence-electron chi connectivity index (χ0n) is 9.98. The summed E-state index contributed by atoms with van der Waals surface area (Å²) >= 11 is 1.18. The number of hydrogen-bond donors (Lipinski definition) is 2. The van der Waals surface area contributed by atoms with Crippen LogP contribution in [0.2, 0.25) is 0 Å². The fourth-order valence-electron chi connectivity index (χ4n) is 1.33. The summed E-state index contributed by atoms with van der Waals surface area (Å²) in [5.74, 6) is -0.144. The van der Waals surface area contributed by atoms with Gasteiger partial charge < -0.3 is 5.73 Å². The van der Waals surface area contributed by atoms with Crippen LogP contribution in [0.5, 0.6) is 0 Å². The molecule has 0 aliphatic heterocycles. The van der Waals surface area contributed by atoms with Gasteiger partial charge in [-0.25, -0.2) is 4.98 Å². The van der Waals surface area contributed by atoms with E-state index in [0.29, 0.717) is 15.6 Å². The maximum Gasteiger partial charge on any atom is 0.417 e. The Bertz CT molecular complexity index is 608. The number of aromatic nitrogens is 2. The Morgan fingerprint density at radius 3 is 2.30 bits per heavy atom. The molecular weight excluding hydrogens is 289 g/mol. The van der Waals surface area contributed by atoms with Crippen molar-refractivity contribution in [2.75, 3.05) is 0 Å². The summed E-state index contributed by atoms with van der Waals surface area (Å²) in [6.07, 6.45) is -2.11. The Labute approximate surface area is 116 Å². The van der Waals surface area contributed by atoms with Crippen molar-refractivity contribution in [3.05, 3.63) is 47.9 Å². The average Bonchev–Trinajstić information content (AvgIpc) is 2.39. The minimum absolute atomic E-state index is 0.144. The molecule has 0 aliphatic rings. The number of rotatable bonds is 3. The molecule has 2 aromatic heterocycles. The van der Waals surface area contributed by atoms with Crippen molar-refractivity contribution in [2.45, 2.75) is 16.1 Å². The highest BCUT2D eigenvalue weighted by Gasteiger charge is 2.30. The number of amidine groups is 1. The van der Waals surface area contributed by atoms with Crippen LogP contribution in [-0.4, -0.2) is 15.8 Å². The number of alkyl halides is 3. The predicted molar refractivity (Wildman–Crippen MR) is 68.6 cm³/mol. The van der Waals surface area contributed by atoms with E-state index < -0.39 is 11.7 Å². The van der Waals surface area contributed by atoms with E-state index in [1.807, 2.05) is 0 Å². The maximum atomic E-state index is 12.4. The van der Waals surface area contributed by atoms with Crippen LogP contribution in [0, 0.1) is 5.41 Å². The van der Waals surface area contributed by atoms with Crippen LogP contribution in [0.4, 0.5) is 13.2 Å². The summed E-state index contributed by atoms with van der Waals surface area (Å²) in [7, 11) is 0. The van der Waals surface area contributed by atoms with Crippen molar-refractivity contribution in [3.8, 4) is 0 Å². The van der Waals surface area contributed by atoms with E-state index in [-0.39, 0.29) is 5.84 Å². The standard InChI is InChI=1S/C12H9F3N4S/c13-12(14,15)7-1-4-10(19-5-7)20-8-2-3-9(11(16)17)18-6-8/h1-6H,(H3,16,17). The smallest absolute Gasteiger partial charge is 0.382 e. The van der Waals surface area contributed by atoms with Gasteiger partial charge in [-0.15, -0.1) is 0 Å². The molecule has 4 nitrogen and oxygen atoms in total. The molecule has 0 radical (unpaired) electrons. The molecule has 2 heterocycles. The van der Waals surface area contributed by atoms with E-state index >= 15 is 0 Å². The van der Waals surface area contributed by atoms with Gasteiger partial charge in [-0.05, 0) is 24.3 Å². The number of nitrogens with one attached hydrogen (secondary N) is 1. The highest BCUT2D eigenvalue weighted by molar-refractivity contribution is 7.99. The molecule has 20 heavy (non-hydrogen) atoms. The van der Waals surface area contributed by atoms with Crippen molar-refractivity contribution >= 4 is 17.6 Å². The first-order valence-electron chi connectivity index (χ1n) is 5.38. The van der Waals surface area contributed by atoms with Gasteiger partial charge >= 0.3 is 6.18 Å². The Balaban J connectivity index is 2.12. The molecule has 0 bridgehead atoms. The van der Waals surface area contributed by atoms with Crippen LogP contribution < -0.4 is 5.73 Å². The van der Waals surface area contributed by atoms with Crippen molar-refractivity contribution in [1.82, 2.24) is 9.97 Å². The third-order valence-electron chi connectivity index (χ3n) is 2.30. The quantitative estimate of drug-likeness (QED) is 0.675. The number of hydrogen-bond acceptors (Lipinski definition) is 4. The molecule has 0 atom stereocenters. The lowest BCUT2D eigenvalue weighted by atomic mass is 10.3. The fourth-order valence-corrected chi connectivity index (χ4v) is 2.05. The molecule has 0 unspecified atom stereocenters. The summed E-state index contributed by atoms with van der Waals surface area (Å²) < 4.78 is 37.1. The summed E-state index contributed by atoms with van der Waals surface area (Å²) in [4.78, 5) is 8.40. The minimum Gasteiger partial charge on any atom is -0.382 e. The highest BCUT2D eigenvalue weighted by Crippen LogP contribution is 2.31. The molecule has 0 amide bonds. The number of nitrogens with two attached hydrogens (primary N) is 1. The Hall–Kier alpha value is -2.09. The topological polar surface area (TPSA) is 75.7 Å². The van der Waals surface area contributed by atoms with Crippen LogP contribution in [0.25, 0.3) is 0 Å². The van der Waals surface area contributed by atoms with Gasteiger partial charge in [0.05, 0.1) is 5.56 Å². The molecule has 8 heteroatoms. The number of nitrogen functional groups attached to an aromatic ring is 1. The third kappa shape index (κ3) is 3.47. The second-order valence-electron chi connectivity index (χ2n) is 3.78. The van der Waals surface area contributed by atoms with Crippen LogP contribution in [0.15, 0.2) is 46.6 Å². The van der Waals surface area contributed by atoms with Gasteiger partial charge in [0.25, 0.3) is 0 Å². The molecule has 104 valence electrons. The first-order chi connectivity index (χ1) is 9.36. The number of halogens is 3. The summed E-state index contributed by atoms with van der Waals surface area (Å²) in [5.41, 5.74) is 4.83. The second-order valence-corrected chi connectivity index (χ2v) is 4.87. The van der Waals surface area contributed by atoms with Crippen molar-refractivity contribution in [2.24, 2.45) is 5.73 Å². The van der Waals surface area contributed by atoms with E-state index in [9.17, 15) is 13.2 Å². The molecule has 0 aromatic carbocycles. The van der Waals surface area contributed by atoms with E-state index in [0.717, 1.165) is 12.3 Å². The van der Waals surface area contributed by atoms with Gasteiger partial charge in [0.15, 0.2) is 0 Å². The van der Waals surface area contributed by atoms with Crippen molar-refractivity contribution < 1.29 is 13.2 Å². The third-order valence-corrected chi connectivity index (χ3v) is 3.23. The van der Waals surface area contributed by atoms with Gasteiger partial charge in [0.1, 0.15) is 16.6 Å². The van der Waals surface area contributed by atoms with Crippen molar-refractivity contribution in [3.63, 3.8) is 0 Å². The Kier molecular flexibility index (Phi) is 3.93. The van der Waals surface area contributed by atoms with Crippen LogP contribution in [-0.2, 0) is 6.18 Å². The lowest BCUT2D eigenvalue weighted by Gasteiger charge is -2.06. The first kappa shape index (κ1) is 14.3. The monoisotopic (exact) mass is 298 g/mol. The van der Waals surface area contributed by atoms with Crippen molar-refractivity contribution in [1.29, 1.82) is 5.41 Å². The molecule has 2 aromatic rings. The summed E-state index contributed by atoms with van der Waals surface area (Å²) in [6, 6.07) is 5.52. The van der Waals surface area contributed by atoms with E-state index in [1.165, 1.54) is 24.0 Å².